The summed E-state index contributed by atoms with van der Waals surface area (Å²) in [6.07, 6.45) is 5.88. The summed E-state index contributed by atoms with van der Waals surface area (Å²) in [4.78, 5) is 12.4. The van der Waals surface area contributed by atoms with Crippen LogP contribution in [-0.4, -0.2) is 33.4 Å². The van der Waals surface area contributed by atoms with Crippen molar-refractivity contribution in [3.05, 3.63) is 48.0 Å². The first-order valence-electron chi connectivity index (χ1n) is 7.75. The zero-order valence-electron chi connectivity index (χ0n) is 13.0. The van der Waals surface area contributed by atoms with Gasteiger partial charge in [0.05, 0.1) is 6.61 Å². The summed E-state index contributed by atoms with van der Waals surface area (Å²) in [7, 11) is 0. The maximum Gasteiger partial charge on any atom is 0.251 e. The second-order valence-electron chi connectivity index (χ2n) is 6.35. The first kappa shape index (κ1) is 15.7. The Bertz CT molecular complexity index is 702. The van der Waals surface area contributed by atoms with Gasteiger partial charge in [-0.25, -0.2) is 9.07 Å². The SMILES string of the molecule is CC1(CO)CCCC1NC(=O)c1ccc(-n2cccn2)c(F)c1. The third kappa shape index (κ3) is 2.99. The van der Waals surface area contributed by atoms with Crippen LogP contribution in [0, 0.1) is 11.2 Å². The van der Waals surface area contributed by atoms with Gasteiger partial charge in [-0.3, -0.25) is 4.79 Å². The van der Waals surface area contributed by atoms with Crippen LogP contribution in [0.25, 0.3) is 5.69 Å². The van der Waals surface area contributed by atoms with Crippen molar-refractivity contribution in [2.24, 2.45) is 5.41 Å². The largest absolute Gasteiger partial charge is 0.396 e. The van der Waals surface area contributed by atoms with Crippen molar-refractivity contribution < 1.29 is 14.3 Å². The van der Waals surface area contributed by atoms with Gasteiger partial charge in [0.1, 0.15) is 11.5 Å². The molecule has 23 heavy (non-hydrogen) atoms. The molecule has 2 atom stereocenters. The van der Waals surface area contributed by atoms with Gasteiger partial charge in [0, 0.05) is 29.4 Å². The number of aromatic nitrogens is 2. The molecule has 1 heterocycles. The van der Waals surface area contributed by atoms with Crippen molar-refractivity contribution in [2.75, 3.05) is 6.61 Å². The number of aliphatic hydroxyl groups is 1. The Morgan fingerprint density at radius 1 is 1.57 bits per heavy atom. The molecular weight excluding hydrogens is 297 g/mol. The summed E-state index contributed by atoms with van der Waals surface area (Å²) in [5.41, 5.74) is 0.265. The normalized spacial score (nSPS) is 23.9. The topological polar surface area (TPSA) is 67.2 Å². The first-order chi connectivity index (χ1) is 11.0. The molecule has 2 N–H and O–H groups in total. The highest BCUT2D eigenvalue weighted by Crippen LogP contribution is 2.37. The van der Waals surface area contributed by atoms with Crippen molar-refractivity contribution >= 4 is 5.91 Å². The van der Waals surface area contributed by atoms with E-state index in [9.17, 15) is 14.3 Å². The Balaban J connectivity index is 1.77. The van der Waals surface area contributed by atoms with Crippen molar-refractivity contribution in [2.45, 2.75) is 32.2 Å². The van der Waals surface area contributed by atoms with Crippen LogP contribution in [0.3, 0.4) is 0 Å². The number of amides is 1. The molecule has 0 spiro atoms. The highest BCUT2D eigenvalue weighted by molar-refractivity contribution is 5.94. The van der Waals surface area contributed by atoms with Gasteiger partial charge in [0.15, 0.2) is 0 Å². The van der Waals surface area contributed by atoms with E-state index in [0.717, 1.165) is 19.3 Å². The van der Waals surface area contributed by atoms with Crippen molar-refractivity contribution in [3.63, 3.8) is 0 Å². The molecule has 1 amide bonds. The van der Waals surface area contributed by atoms with E-state index in [1.165, 1.54) is 16.8 Å². The molecule has 1 aromatic heterocycles. The van der Waals surface area contributed by atoms with Crippen molar-refractivity contribution in [1.29, 1.82) is 0 Å². The maximum absolute atomic E-state index is 14.2. The summed E-state index contributed by atoms with van der Waals surface area (Å²) >= 11 is 0. The number of nitrogens with zero attached hydrogens (tertiary/aromatic N) is 2. The number of hydrogen-bond acceptors (Lipinski definition) is 3. The Morgan fingerprint density at radius 2 is 2.39 bits per heavy atom. The quantitative estimate of drug-likeness (QED) is 0.909. The number of carbonyl (C=O) groups is 1. The van der Waals surface area contributed by atoms with Gasteiger partial charge >= 0.3 is 0 Å². The minimum atomic E-state index is -0.502. The highest BCUT2D eigenvalue weighted by Gasteiger charge is 2.39. The molecule has 1 saturated carbocycles. The van der Waals surface area contributed by atoms with E-state index >= 15 is 0 Å². The predicted molar refractivity (Wildman–Crippen MR) is 83.8 cm³/mol. The molecule has 1 aromatic carbocycles. The van der Waals surface area contributed by atoms with Gasteiger partial charge in [-0.2, -0.15) is 5.10 Å². The number of nitrogens with one attached hydrogen (secondary N) is 1. The Kier molecular flexibility index (Phi) is 4.17. The smallest absolute Gasteiger partial charge is 0.251 e. The molecule has 0 aliphatic heterocycles. The molecule has 122 valence electrons. The van der Waals surface area contributed by atoms with E-state index in [0.29, 0.717) is 5.69 Å². The van der Waals surface area contributed by atoms with E-state index in [1.54, 1.807) is 24.5 Å². The third-order valence-electron chi connectivity index (χ3n) is 4.71. The van der Waals surface area contributed by atoms with Gasteiger partial charge in [-0.1, -0.05) is 13.3 Å². The second-order valence-corrected chi connectivity index (χ2v) is 6.35. The van der Waals surface area contributed by atoms with Crippen LogP contribution in [0.1, 0.15) is 36.5 Å². The van der Waals surface area contributed by atoms with E-state index in [2.05, 4.69) is 10.4 Å². The van der Waals surface area contributed by atoms with Crippen LogP contribution in [0.4, 0.5) is 4.39 Å². The molecule has 1 fully saturated rings. The fraction of sp³-hybridized carbons (Fsp3) is 0.412. The van der Waals surface area contributed by atoms with Gasteiger partial charge in [-0.05, 0) is 37.1 Å². The van der Waals surface area contributed by atoms with Crippen LogP contribution in [0.2, 0.25) is 0 Å². The first-order valence-corrected chi connectivity index (χ1v) is 7.75. The number of benzene rings is 1. The number of halogens is 1. The van der Waals surface area contributed by atoms with Gasteiger partial charge in [-0.15, -0.1) is 0 Å². The third-order valence-corrected chi connectivity index (χ3v) is 4.71. The van der Waals surface area contributed by atoms with E-state index in [1.807, 2.05) is 6.92 Å². The summed E-state index contributed by atoms with van der Waals surface area (Å²) in [5, 5.41) is 16.5. The molecule has 0 radical (unpaired) electrons. The lowest BCUT2D eigenvalue weighted by atomic mass is 9.85. The van der Waals surface area contributed by atoms with E-state index in [4.69, 9.17) is 0 Å². The van der Waals surface area contributed by atoms with E-state index < -0.39 is 5.82 Å². The monoisotopic (exact) mass is 317 g/mol. The van der Waals surface area contributed by atoms with Crippen LogP contribution in [-0.2, 0) is 0 Å². The predicted octanol–water partition coefficient (Wildman–Crippen LogP) is 2.29. The van der Waals surface area contributed by atoms with Gasteiger partial charge in [0.25, 0.3) is 5.91 Å². The lowest BCUT2D eigenvalue weighted by molar-refractivity contribution is 0.0830. The lowest BCUT2D eigenvalue weighted by Crippen LogP contribution is -2.44. The minimum Gasteiger partial charge on any atom is -0.396 e. The number of rotatable bonds is 4. The molecular formula is C17H20FN3O2. The van der Waals surface area contributed by atoms with Crippen molar-refractivity contribution in [3.8, 4) is 5.69 Å². The lowest BCUT2D eigenvalue weighted by Gasteiger charge is -2.30. The number of hydrogen-bond donors (Lipinski definition) is 2. The molecule has 3 rings (SSSR count). The fourth-order valence-corrected chi connectivity index (χ4v) is 3.16. The molecule has 0 bridgehead atoms. The number of carbonyl (C=O) groups excluding carboxylic acids is 1. The van der Waals surface area contributed by atoms with Gasteiger partial charge < -0.3 is 10.4 Å². The zero-order valence-corrected chi connectivity index (χ0v) is 13.0. The maximum atomic E-state index is 14.2. The Hall–Kier alpha value is -2.21. The fourth-order valence-electron chi connectivity index (χ4n) is 3.16. The summed E-state index contributed by atoms with van der Waals surface area (Å²) < 4.78 is 15.6. The molecule has 0 saturated heterocycles. The molecule has 1 aliphatic rings. The van der Waals surface area contributed by atoms with Crippen molar-refractivity contribution in [1.82, 2.24) is 15.1 Å². The minimum absolute atomic E-state index is 0.0323. The molecule has 6 heteroatoms. The summed E-state index contributed by atoms with van der Waals surface area (Å²) in [5.74, 6) is -0.819. The Labute approximate surface area is 134 Å². The summed E-state index contributed by atoms with van der Waals surface area (Å²) in [6, 6.07) is 5.96. The molecule has 1 aliphatic carbocycles. The van der Waals surface area contributed by atoms with Crippen LogP contribution >= 0.6 is 0 Å². The average Bonchev–Trinajstić information content (AvgIpc) is 3.18. The number of aliphatic hydroxyl groups excluding tert-OH is 1. The molecule has 2 unspecified atom stereocenters. The average molecular weight is 317 g/mol. The second kappa shape index (κ2) is 6.12. The zero-order chi connectivity index (χ0) is 16.4. The van der Waals surface area contributed by atoms with E-state index in [-0.39, 0.29) is 29.5 Å². The van der Waals surface area contributed by atoms with Crippen LogP contribution in [0.15, 0.2) is 36.7 Å². The van der Waals surface area contributed by atoms with Crippen LogP contribution in [0.5, 0.6) is 0 Å². The Morgan fingerprint density at radius 3 is 3.04 bits per heavy atom. The van der Waals surface area contributed by atoms with Gasteiger partial charge in [0.2, 0.25) is 0 Å². The summed E-state index contributed by atoms with van der Waals surface area (Å²) in [6.45, 7) is 2.00. The molecule has 5 nitrogen and oxygen atoms in total. The standard InChI is InChI=1S/C17H20FN3O2/c1-17(11-22)7-2-4-15(17)20-16(23)12-5-6-14(13(18)10-12)21-9-3-8-19-21/h3,5-6,8-10,15,22H,2,4,7,11H2,1H3,(H,20,23). The van der Waals surface area contributed by atoms with Crippen LogP contribution < -0.4 is 5.32 Å². The molecule has 2 aromatic rings. The highest BCUT2D eigenvalue weighted by atomic mass is 19.1.